The van der Waals surface area contributed by atoms with Gasteiger partial charge in [-0.1, -0.05) is 199 Å². The van der Waals surface area contributed by atoms with Gasteiger partial charge in [0.25, 0.3) is 0 Å². The van der Waals surface area contributed by atoms with Gasteiger partial charge >= 0.3 is 12.4 Å². The molecule has 0 amide bonds. The van der Waals surface area contributed by atoms with Gasteiger partial charge < -0.3 is 9.13 Å². The molecule has 2 atom stereocenters. The summed E-state index contributed by atoms with van der Waals surface area (Å²) in [5.41, 5.74) is 5.73. The number of hydrogen-bond donors (Lipinski definition) is 0. The molecule has 362 valence electrons. The molecule has 0 aliphatic carbocycles. The van der Waals surface area contributed by atoms with Gasteiger partial charge in [0.2, 0.25) is 0 Å². The third kappa shape index (κ3) is 7.66. The van der Waals surface area contributed by atoms with Crippen molar-refractivity contribution < 1.29 is 26.3 Å². The molecule has 0 saturated carbocycles. The minimum atomic E-state index is -4.68. The van der Waals surface area contributed by atoms with E-state index in [4.69, 9.17) is 9.97 Å². The summed E-state index contributed by atoms with van der Waals surface area (Å²) in [6.07, 6.45) is -9.35. The van der Waals surface area contributed by atoms with E-state index in [9.17, 15) is 0 Å². The molecule has 0 aliphatic heterocycles. The number of benzene rings is 9. The van der Waals surface area contributed by atoms with Crippen LogP contribution in [0.4, 0.5) is 26.3 Å². The summed E-state index contributed by atoms with van der Waals surface area (Å²) < 4.78 is 94.7. The maximum Gasteiger partial charge on any atom is 0.411 e. The van der Waals surface area contributed by atoms with Crippen molar-refractivity contribution in [2.75, 3.05) is 0 Å². The third-order valence-corrected chi connectivity index (χ3v) is 16.3. The fourth-order valence-electron chi connectivity index (χ4n) is 10.5. The SMILES string of the molecule is CC(c1ccc(-c2cc(-c3ccc(C(I)(c4ccc(-n5c6ccccc6c6ccccc65)cc4)C(F)(F)F)cc3)nc(-c3ccccc3)n2)cc1)(c1ccc(-n2c3ccccc3c3ccccc32)cc1)C(F)(F)F. The highest BCUT2D eigenvalue weighted by atomic mass is 127. The number of halogens is 7. The van der Waals surface area contributed by atoms with Crippen LogP contribution in [0.3, 0.4) is 0 Å². The first kappa shape index (κ1) is 47.0. The lowest BCUT2D eigenvalue weighted by Crippen LogP contribution is -2.40. The molecule has 0 saturated heterocycles. The van der Waals surface area contributed by atoms with E-state index >= 15 is 26.3 Å². The van der Waals surface area contributed by atoms with Gasteiger partial charge in [-0.25, -0.2) is 9.97 Å². The Labute approximate surface area is 435 Å². The second-order valence-electron chi connectivity index (χ2n) is 18.6. The second kappa shape index (κ2) is 17.9. The average Bonchev–Trinajstić information content (AvgIpc) is 3.95. The van der Waals surface area contributed by atoms with E-state index in [1.165, 1.54) is 53.8 Å². The number of fused-ring (bicyclic) bond motifs is 6. The maximum atomic E-state index is 15.5. The van der Waals surface area contributed by atoms with Crippen LogP contribution in [0.25, 0.3) is 88.9 Å². The monoisotopic (exact) mass is 1090 g/mol. The van der Waals surface area contributed by atoms with E-state index in [2.05, 4.69) is 9.13 Å². The third-order valence-electron chi connectivity index (χ3n) is 14.4. The van der Waals surface area contributed by atoms with Crippen LogP contribution in [0, 0.1) is 0 Å². The lowest BCUT2D eigenvalue weighted by molar-refractivity contribution is -0.173. The molecule has 4 nitrogen and oxygen atoms in total. The fraction of sp³-hybridized carbons (Fsp3) is 0.0794. The number of para-hydroxylation sites is 4. The normalized spacial score (nSPS) is 13.9. The van der Waals surface area contributed by atoms with Crippen molar-refractivity contribution in [2.24, 2.45) is 0 Å². The Morgan fingerprint density at radius 2 is 0.676 bits per heavy atom. The Hall–Kier alpha value is -8.03. The molecule has 9 aromatic carbocycles. The van der Waals surface area contributed by atoms with Crippen LogP contribution in [0.15, 0.2) is 231 Å². The van der Waals surface area contributed by atoms with Crippen molar-refractivity contribution in [1.29, 1.82) is 0 Å². The highest BCUT2D eigenvalue weighted by Gasteiger charge is 2.56. The van der Waals surface area contributed by atoms with Crippen LogP contribution in [0.2, 0.25) is 0 Å². The largest absolute Gasteiger partial charge is 0.411 e. The Bertz CT molecular complexity index is 3700. The first-order valence-electron chi connectivity index (χ1n) is 23.9. The highest BCUT2D eigenvalue weighted by molar-refractivity contribution is 14.1. The summed E-state index contributed by atoms with van der Waals surface area (Å²) in [7, 11) is 0. The fourth-order valence-corrected chi connectivity index (χ4v) is 11.2. The van der Waals surface area contributed by atoms with Crippen LogP contribution in [0.1, 0.15) is 29.2 Å². The number of aromatic nitrogens is 4. The zero-order valence-corrected chi connectivity index (χ0v) is 41.5. The summed E-state index contributed by atoms with van der Waals surface area (Å²) in [4.78, 5) is 9.75. The highest BCUT2D eigenvalue weighted by Crippen LogP contribution is 2.52. The molecule has 0 radical (unpaired) electrons. The van der Waals surface area contributed by atoms with Crippen molar-refractivity contribution in [3.05, 3.63) is 253 Å². The number of nitrogens with zero attached hydrogens (tertiary/aromatic N) is 4. The first-order valence-corrected chi connectivity index (χ1v) is 25.0. The lowest BCUT2D eigenvalue weighted by atomic mass is 9.75. The smallest absolute Gasteiger partial charge is 0.309 e. The van der Waals surface area contributed by atoms with Crippen molar-refractivity contribution in [3.63, 3.8) is 0 Å². The van der Waals surface area contributed by atoms with Crippen LogP contribution in [0.5, 0.6) is 0 Å². The van der Waals surface area contributed by atoms with Crippen molar-refractivity contribution in [1.82, 2.24) is 19.1 Å². The van der Waals surface area contributed by atoms with Gasteiger partial charge in [0.05, 0.1) is 33.5 Å². The van der Waals surface area contributed by atoms with Crippen LogP contribution in [-0.4, -0.2) is 31.5 Å². The second-order valence-corrected chi connectivity index (χ2v) is 20.2. The Morgan fingerprint density at radius 1 is 0.351 bits per heavy atom. The Balaban J connectivity index is 0.877. The lowest BCUT2D eigenvalue weighted by Gasteiger charge is -2.33. The molecular formula is C63H41F6IN4. The summed E-state index contributed by atoms with van der Waals surface area (Å²) in [6, 6.07) is 68.3. The molecule has 3 heterocycles. The van der Waals surface area contributed by atoms with Crippen molar-refractivity contribution in [3.8, 4) is 45.3 Å². The molecule has 12 rings (SSSR count). The molecule has 0 bridgehead atoms. The molecule has 0 N–H and O–H groups in total. The molecular weight excluding hydrogens is 1050 g/mol. The van der Waals surface area contributed by atoms with E-state index in [0.717, 1.165) is 55.0 Å². The Kier molecular flexibility index (Phi) is 11.4. The predicted molar refractivity (Wildman–Crippen MR) is 293 cm³/mol. The van der Waals surface area contributed by atoms with Gasteiger partial charge in [-0.3, -0.25) is 0 Å². The van der Waals surface area contributed by atoms with Crippen LogP contribution in [-0.2, 0) is 8.84 Å². The van der Waals surface area contributed by atoms with E-state index in [1.807, 2.05) is 127 Å². The molecule has 11 heteroatoms. The number of hydrogen-bond acceptors (Lipinski definition) is 2. The quantitative estimate of drug-likeness (QED) is 0.0820. The predicted octanol–water partition coefficient (Wildman–Crippen LogP) is 17.8. The average molecular weight is 1090 g/mol. The zero-order valence-electron chi connectivity index (χ0n) is 39.4. The molecule has 0 fully saturated rings. The summed E-state index contributed by atoms with van der Waals surface area (Å²) in [5, 5.41) is 4.20. The van der Waals surface area contributed by atoms with Gasteiger partial charge in [0.15, 0.2) is 9.25 Å². The summed E-state index contributed by atoms with van der Waals surface area (Å²) in [5.74, 6) is 0.344. The van der Waals surface area contributed by atoms with Gasteiger partial charge in [-0.2, -0.15) is 26.3 Å². The first-order chi connectivity index (χ1) is 35.7. The van der Waals surface area contributed by atoms with E-state index in [0.29, 0.717) is 33.9 Å². The molecule has 0 spiro atoms. The minimum Gasteiger partial charge on any atom is -0.309 e. The summed E-state index contributed by atoms with van der Waals surface area (Å²) >= 11 is 1.52. The van der Waals surface area contributed by atoms with Gasteiger partial charge in [0, 0.05) is 49.6 Å². The van der Waals surface area contributed by atoms with Crippen LogP contribution < -0.4 is 0 Å². The molecule has 2 unspecified atom stereocenters. The molecule has 12 aromatic rings. The van der Waals surface area contributed by atoms with Crippen molar-refractivity contribution >= 4 is 66.2 Å². The number of rotatable bonds is 9. The molecule has 74 heavy (non-hydrogen) atoms. The summed E-state index contributed by atoms with van der Waals surface area (Å²) in [6.45, 7) is 1.20. The molecule has 0 aliphatic rings. The van der Waals surface area contributed by atoms with Crippen molar-refractivity contribution in [2.45, 2.75) is 28.1 Å². The van der Waals surface area contributed by atoms with Gasteiger partial charge in [-0.05, 0) is 83.8 Å². The topological polar surface area (TPSA) is 35.6 Å². The number of alkyl halides is 7. The maximum absolute atomic E-state index is 15.5. The molecule has 3 aromatic heterocycles. The zero-order chi connectivity index (χ0) is 51.0. The van der Waals surface area contributed by atoms with E-state index in [1.54, 1.807) is 78.9 Å². The van der Waals surface area contributed by atoms with Crippen LogP contribution >= 0.6 is 22.6 Å². The van der Waals surface area contributed by atoms with E-state index < -0.39 is 21.2 Å². The standard InChI is InChI=1S/C63H41F6IN4/c1-60(62(64,65)66,44-31-35-47(36-32-44)73-55-19-9-5-15-49(55)50-16-6-10-20-56(50)73)43-27-23-40(24-28-43)53-39-54(72-59(71-53)42-13-3-2-4-14-42)41-25-29-45(30-26-41)61(70,63(67,68)69)46-33-37-48(38-34-46)74-57-21-11-7-17-51(57)52-18-8-12-22-58(52)74/h2-39H,1H3. The Morgan fingerprint density at radius 3 is 1.04 bits per heavy atom. The minimum absolute atomic E-state index is 0.0289. The van der Waals surface area contributed by atoms with Gasteiger partial charge in [-0.15, -0.1) is 0 Å². The van der Waals surface area contributed by atoms with E-state index in [-0.39, 0.29) is 22.3 Å². The van der Waals surface area contributed by atoms with Gasteiger partial charge in [0.1, 0.15) is 5.41 Å².